The predicted molar refractivity (Wildman–Crippen MR) is 89.2 cm³/mol. The molecule has 2 aromatic rings. The summed E-state index contributed by atoms with van der Waals surface area (Å²) in [6.45, 7) is 1.95. The number of nitrogens with one attached hydrogen (secondary N) is 1. The van der Waals surface area contributed by atoms with Gasteiger partial charge in [-0.25, -0.2) is 0 Å². The van der Waals surface area contributed by atoms with Crippen LogP contribution in [0.3, 0.4) is 0 Å². The second-order valence-electron chi connectivity index (χ2n) is 5.38. The molecule has 0 saturated heterocycles. The van der Waals surface area contributed by atoms with Crippen LogP contribution in [-0.4, -0.2) is 38.1 Å². The van der Waals surface area contributed by atoms with Crippen LogP contribution in [-0.2, 0) is 6.54 Å². The summed E-state index contributed by atoms with van der Waals surface area (Å²) in [4.78, 5) is 14.8. The molecule has 23 heavy (non-hydrogen) atoms. The number of carbonyl (C=O) groups is 1. The largest absolute Gasteiger partial charge is 0.497 e. The lowest BCUT2D eigenvalue weighted by Gasteiger charge is -2.21. The second-order valence-corrected chi connectivity index (χ2v) is 5.38. The van der Waals surface area contributed by atoms with Crippen molar-refractivity contribution < 1.29 is 14.3 Å². The van der Waals surface area contributed by atoms with E-state index >= 15 is 0 Å². The van der Waals surface area contributed by atoms with Crippen molar-refractivity contribution in [3.8, 4) is 11.5 Å². The minimum absolute atomic E-state index is 0.0389. The van der Waals surface area contributed by atoms with E-state index in [-0.39, 0.29) is 5.91 Å². The number of amides is 1. The van der Waals surface area contributed by atoms with Crippen molar-refractivity contribution >= 4 is 11.6 Å². The molecule has 0 radical (unpaired) electrons. The second kappa shape index (κ2) is 6.60. The summed E-state index contributed by atoms with van der Waals surface area (Å²) in [6.07, 6.45) is 0. The van der Waals surface area contributed by atoms with E-state index < -0.39 is 0 Å². The normalized spacial score (nSPS) is 13.6. The van der Waals surface area contributed by atoms with Crippen LogP contribution >= 0.6 is 0 Å². The number of carbonyl (C=O) groups excluding carboxylic acids is 1. The number of para-hydroxylation sites is 1. The molecule has 1 amide bonds. The first-order chi connectivity index (χ1) is 11.2. The molecule has 0 unspecified atom stereocenters. The van der Waals surface area contributed by atoms with E-state index in [2.05, 4.69) is 5.32 Å². The summed E-state index contributed by atoms with van der Waals surface area (Å²) >= 11 is 0. The lowest BCUT2D eigenvalue weighted by atomic mass is 10.1. The van der Waals surface area contributed by atoms with Crippen LogP contribution < -0.4 is 14.8 Å². The van der Waals surface area contributed by atoms with E-state index in [1.807, 2.05) is 29.2 Å². The van der Waals surface area contributed by atoms with E-state index in [0.717, 1.165) is 17.8 Å². The molecule has 0 atom stereocenters. The first kappa shape index (κ1) is 15.2. The SMILES string of the molecule is COc1ccc(C(=O)N2CCNc3ccccc3C2)c(OC)c1. The molecule has 1 aliphatic rings. The number of ether oxygens (including phenoxy) is 2. The van der Waals surface area contributed by atoms with Crippen molar-refractivity contribution in [1.29, 1.82) is 0 Å². The van der Waals surface area contributed by atoms with E-state index in [0.29, 0.717) is 30.2 Å². The number of benzene rings is 2. The zero-order valence-corrected chi connectivity index (χ0v) is 13.3. The molecule has 0 saturated carbocycles. The van der Waals surface area contributed by atoms with Gasteiger partial charge in [0.15, 0.2) is 0 Å². The van der Waals surface area contributed by atoms with Crippen molar-refractivity contribution in [2.45, 2.75) is 6.54 Å². The molecular weight excluding hydrogens is 292 g/mol. The Bertz CT molecular complexity index is 715. The molecule has 2 aromatic carbocycles. The van der Waals surface area contributed by atoms with E-state index in [9.17, 15) is 4.79 Å². The highest BCUT2D eigenvalue weighted by Crippen LogP contribution is 2.27. The molecule has 5 heteroatoms. The summed E-state index contributed by atoms with van der Waals surface area (Å²) in [5.41, 5.74) is 2.75. The lowest BCUT2D eigenvalue weighted by Crippen LogP contribution is -2.32. The summed E-state index contributed by atoms with van der Waals surface area (Å²) in [7, 11) is 3.15. The van der Waals surface area contributed by atoms with Crippen molar-refractivity contribution in [2.75, 3.05) is 32.6 Å². The summed E-state index contributed by atoms with van der Waals surface area (Å²) in [5, 5.41) is 3.36. The highest BCUT2D eigenvalue weighted by molar-refractivity contribution is 5.97. The van der Waals surface area contributed by atoms with Gasteiger partial charge in [0.1, 0.15) is 11.5 Å². The zero-order valence-electron chi connectivity index (χ0n) is 13.3. The minimum atomic E-state index is -0.0389. The maximum Gasteiger partial charge on any atom is 0.257 e. The van der Waals surface area contributed by atoms with Gasteiger partial charge in [0, 0.05) is 31.4 Å². The quantitative estimate of drug-likeness (QED) is 0.947. The Morgan fingerprint density at radius 1 is 1.13 bits per heavy atom. The topological polar surface area (TPSA) is 50.8 Å². The van der Waals surface area contributed by atoms with Crippen LogP contribution in [0, 0.1) is 0 Å². The van der Waals surface area contributed by atoms with Crippen molar-refractivity contribution in [3.05, 3.63) is 53.6 Å². The number of hydrogen-bond donors (Lipinski definition) is 1. The zero-order chi connectivity index (χ0) is 16.2. The van der Waals surface area contributed by atoms with Gasteiger partial charge < -0.3 is 19.7 Å². The Morgan fingerprint density at radius 3 is 2.74 bits per heavy atom. The molecule has 0 spiro atoms. The number of anilines is 1. The van der Waals surface area contributed by atoms with Crippen molar-refractivity contribution in [2.24, 2.45) is 0 Å². The van der Waals surface area contributed by atoms with Gasteiger partial charge in [-0.05, 0) is 23.8 Å². The first-order valence-corrected chi connectivity index (χ1v) is 7.56. The Hall–Kier alpha value is -2.69. The lowest BCUT2D eigenvalue weighted by molar-refractivity contribution is 0.0749. The van der Waals surface area contributed by atoms with E-state index in [4.69, 9.17) is 9.47 Å². The molecule has 1 aliphatic heterocycles. The van der Waals surface area contributed by atoms with Crippen LogP contribution in [0.4, 0.5) is 5.69 Å². The first-order valence-electron chi connectivity index (χ1n) is 7.56. The Labute approximate surface area is 135 Å². The number of fused-ring (bicyclic) bond motifs is 1. The van der Waals surface area contributed by atoms with Gasteiger partial charge in [0.05, 0.1) is 19.8 Å². The number of methoxy groups -OCH3 is 2. The van der Waals surface area contributed by atoms with Crippen LogP contribution in [0.1, 0.15) is 15.9 Å². The third kappa shape index (κ3) is 3.08. The van der Waals surface area contributed by atoms with Gasteiger partial charge in [-0.1, -0.05) is 18.2 Å². The van der Waals surface area contributed by atoms with Crippen LogP contribution in [0.2, 0.25) is 0 Å². The van der Waals surface area contributed by atoms with Gasteiger partial charge in [-0.3, -0.25) is 4.79 Å². The monoisotopic (exact) mass is 312 g/mol. The fourth-order valence-electron chi connectivity index (χ4n) is 2.76. The van der Waals surface area contributed by atoms with Crippen LogP contribution in [0.15, 0.2) is 42.5 Å². The molecule has 0 fully saturated rings. The smallest absolute Gasteiger partial charge is 0.257 e. The maximum atomic E-state index is 12.9. The van der Waals surface area contributed by atoms with Gasteiger partial charge >= 0.3 is 0 Å². The van der Waals surface area contributed by atoms with Gasteiger partial charge in [-0.2, -0.15) is 0 Å². The molecule has 0 aromatic heterocycles. The summed E-state index contributed by atoms with van der Waals surface area (Å²) < 4.78 is 10.5. The van der Waals surface area contributed by atoms with Gasteiger partial charge in [0.25, 0.3) is 5.91 Å². The molecule has 5 nitrogen and oxygen atoms in total. The summed E-state index contributed by atoms with van der Waals surface area (Å²) in [6, 6.07) is 13.3. The van der Waals surface area contributed by atoms with Crippen LogP contribution in [0.5, 0.6) is 11.5 Å². The van der Waals surface area contributed by atoms with Crippen LogP contribution in [0.25, 0.3) is 0 Å². The van der Waals surface area contributed by atoms with Gasteiger partial charge in [0.2, 0.25) is 0 Å². The van der Waals surface area contributed by atoms with E-state index in [1.165, 1.54) is 0 Å². The van der Waals surface area contributed by atoms with Crippen molar-refractivity contribution in [3.63, 3.8) is 0 Å². The molecule has 3 rings (SSSR count). The fourth-order valence-corrected chi connectivity index (χ4v) is 2.76. The standard InChI is InChI=1S/C18H20N2O3/c1-22-14-7-8-15(17(11-14)23-2)18(21)20-10-9-19-16-6-4-3-5-13(16)12-20/h3-8,11,19H,9-10,12H2,1-2H3. The number of nitrogens with zero attached hydrogens (tertiary/aromatic N) is 1. The Morgan fingerprint density at radius 2 is 1.96 bits per heavy atom. The molecule has 0 aliphatic carbocycles. The minimum Gasteiger partial charge on any atom is -0.497 e. The maximum absolute atomic E-state index is 12.9. The molecular formula is C18H20N2O3. The van der Waals surface area contributed by atoms with Gasteiger partial charge in [-0.15, -0.1) is 0 Å². The molecule has 120 valence electrons. The summed E-state index contributed by atoms with van der Waals surface area (Å²) in [5.74, 6) is 1.16. The molecule has 0 bridgehead atoms. The predicted octanol–water partition coefficient (Wildman–Crippen LogP) is 2.77. The Kier molecular flexibility index (Phi) is 4.37. The average Bonchev–Trinajstić information content (AvgIpc) is 2.82. The number of hydrogen-bond acceptors (Lipinski definition) is 4. The number of rotatable bonds is 3. The molecule has 1 N–H and O–H groups in total. The van der Waals surface area contributed by atoms with E-state index in [1.54, 1.807) is 32.4 Å². The third-order valence-corrected chi connectivity index (χ3v) is 4.00. The molecule has 1 heterocycles. The highest BCUT2D eigenvalue weighted by Gasteiger charge is 2.22. The highest BCUT2D eigenvalue weighted by atomic mass is 16.5. The fraction of sp³-hybridized carbons (Fsp3) is 0.278. The average molecular weight is 312 g/mol. The Balaban J connectivity index is 1.88. The third-order valence-electron chi connectivity index (χ3n) is 4.00. The van der Waals surface area contributed by atoms with Crippen molar-refractivity contribution in [1.82, 2.24) is 4.90 Å².